The second kappa shape index (κ2) is 5.43. The Kier molecular flexibility index (Phi) is 6.58. The van der Waals surface area contributed by atoms with Crippen LogP contribution in [-0.2, 0) is 24.4 Å². The Morgan fingerprint density at radius 2 is 1.67 bits per heavy atom. The van der Waals surface area contributed by atoms with Crippen molar-refractivity contribution in [2.24, 2.45) is 0 Å². The molecule has 11 heteroatoms. The fraction of sp³-hybridized carbons (Fsp3) is 0.500. The van der Waals surface area contributed by atoms with E-state index in [1.165, 1.54) is 0 Å². The molecule has 1 rings (SSSR count). The van der Waals surface area contributed by atoms with E-state index in [0.717, 1.165) is 0 Å². The van der Waals surface area contributed by atoms with Crippen molar-refractivity contribution < 1.29 is 96.6 Å². The first kappa shape index (κ1) is 18.2. The van der Waals surface area contributed by atoms with Crippen LogP contribution < -0.4 is 69.3 Å². The second-order valence-electron chi connectivity index (χ2n) is 2.25. The Morgan fingerprint density at radius 1 is 1.27 bits per heavy atom. The van der Waals surface area contributed by atoms with Crippen LogP contribution in [0.2, 0.25) is 0 Å². The maximum atomic E-state index is 10.4. The molecule has 2 atom stereocenters. The van der Waals surface area contributed by atoms with Gasteiger partial charge in [-0.05, 0) is 0 Å². The van der Waals surface area contributed by atoms with E-state index in [2.05, 4.69) is 4.74 Å². The molecule has 0 amide bonds. The van der Waals surface area contributed by atoms with Crippen molar-refractivity contribution in [2.45, 2.75) is 11.0 Å². The van der Waals surface area contributed by atoms with Gasteiger partial charge in [0.15, 0.2) is 6.10 Å². The summed E-state index contributed by atoms with van der Waals surface area (Å²) < 4.78 is 32.9. The Labute approximate surface area is 128 Å². The number of aliphatic carboxylic acids is 2. The van der Waals surface area contributed by atoms with E-state index in [-0.39, 0.29) is 59.1 Å². The average molecular weight is 256 g/mol. The third kappa shape index (κ3) is 2.93. The van der Waals surface area contributed by atoms with Gasteiger partial charge in [0.25, 0.3) is 4.93 Å². The predicted octanol–water partition coefficient (Wildman–Crippen LogP) is -10.5. The van der Waals surface area contributed by atoms with Gasteiger partial charge in [0.2, 0.25) is 0 Å². The third-order valence-corrected chi connectivity index (χ3v) is 2.71. The van der Waals surface area contributed by atoms with Crippen LogP contribution in [0.15, 0.2) is 0 Å². The first-order chi connectivity index (χ1) is 5.73. The molecule has 1 N–H and O–H groups in total. The molecule has 2 unspecified atom stereocenters. The van der Waals surface area contributed by atoms with Crippen LogP contribution in [0.1, 0.15) is 0 Å². The summed E-state index contributed by atoms with van der Waals surface area (Å²) in [5, 5.41) is 20.2. The van der Waals surface area contributed by atoms with Crippen LogP contribution in [0.4, 0.5) is 0 Å². The molecule has 1 heterocycles. The van der Waals surface area contributed by atoms with Crippen LogP contribution in [-0.4, -0.2) is 35.9 Å². The van der Waals surface area contributed by atoms with Crippen LogP contribution in [0.25, 0.3) is 0 Å². The van der Waals surface area contributed by atoms with E-state index in [0.29, 0.717) is 0 Å². The van der Waals surface area contributed by atoms with Crippen LogP contribution in [0, 0.1) is 0 Å². The third-order valence-electron chi connectivity index (χ3n) is 1.46. The zero-order valence-corrected chi connectivity index (χ0v) is 12.6. The van der Waals surface area contributed by atoms with Gasteiger partial charge >= 0.3 is 69.2 Å². The fourth-order valence-electron chi connectivity index (χ4n) is 0.801. The number of hydrogen-bond donors (Lipinski definition) is 1. The Hall–Kier alpha value is 0.810. The second-order valence-corrected chi connectivity index (χ2v) is 3.80. The van der Waals surface area contributed by atoms with Crippen molar-refractivity contribution in [3.05, 3.63) is 0 Å². The Balaban J connectivity index is 0. The molecule has 0 aromatic rings. The maximum Gasteiger partial charge on any atom is 1.00 e. The summed E-state index contributed by atoms with van der Waals surface area (Å²) in [6, 6.07) is 0. The molecule has 0 bridgehead atoms. The van der Waals surface area contributed by atoms with Crippen LogP contribution in [0.3, 0.4) is 0 Å². The standard InChI is InChI=1S/C4H4O8S.2Na/c5-2(6)1-4(12-1,3(7)8)13(9,10)11;;/h1H,(H,5,6)(H,7,8)(H,9,10,11);;/q;2*+1/p-2. The van der Waals surface area contributed by atoms with E-state index in [1.807, 2.05) is 0 Å². The first-order valence-electron chi connectivity index (χ1n) is 2.80. The molecule has 0 aromatic heterocycles. The number of ether oxygens (including phenoxy) is 1. The zero-order valence-electron chi connectivity index (χ0n) is 7.79. The number of rotatable bonds is 3. The smallest absolute Gasteiger partial charge is 0.547 e. The van der Waals surface area contributed by atoms with Crippen molar-refractivity contribution in [2.75, 3.05) is 0 Å². The van der Waals surface area contributed by atoms with E-state index in [4.69, 9.17) is 4.55 Å². The van der Waals surface area contributed by atoms with Gasteiger partial charge in [0.1, 0.15) is 0 Å². The van der Waals surface area contributed by atoms with E-state index < -0.39 is 33.1 Å². The van der Waals surface area contributed by atoms with E-state index in [9.17, 15) is 28.2 Å². The summed E-state index contributed by atoms with van der Waals surface area (Å²) in [5.74, 6) is -4.40. The van der Waals surface area contributed by atoms with Crippen molar-refractivity contribution in [1.82, 2.24) is 0 Å². The number of carbonyl (C=O) groups is 2. The number of epoxide rings is 1. The summed E-state index contributed by atoms with van der Waals surface area (Å²) in [5.41, 5.74) is 0. The predicted molar refractivity (Wildman–Crippen MR) is 29.2 cm³/mol. The molecular weight excluding hydrogens is 254 g/mol. The van der Waals surface area contributed by atoms with Gasteiger partial charge in [0, 0.05) is 0 Å². The zero-order chi connectivity index (χ0) is 10.4. The molecule has 0 spiro atoms. The molecule has 0 aliphatic carbocycles. The minimum absolute atomic E-state index is 0. The summed E-state index contributed by atoms with van der Waals surface area (Å²) in [4.78, 5) is 17.0. The summed E-state index contributed by atoms with van der Waals surface area (Å²) in [7, 11) is -5.19. The van der Waals surface area contributed by atoms with Gasteiger partial charge < -0.3 is 24.5 Å². The molecule has 0 aromatic carbocycles. The molecule has 74 valence electrons. The first-order valence-corrected chi connectivity index (χ1v) is 4.24. The van der Waals surface area contributed by atoms with E-state index >= 15 is 0 Å². The van der Waals surface area contributed by atoms with Crippen LogP contribution in [0.5, 0.6) is 0 Å². The molecular formula is C4H2Na2O8S. The molecule has 1 saturated heterocycles. The molecule has 0 radical (unpaired) electrons. The van der Waals surface area contributed by atoms with Gasteiger partial charge in [-0.3, -0.25) is 4.55 Å². The number of hydrogen-bond acceptors (Lipinski definition) is 7. The quantitative estimate of drug-likeness (QED) is 0.297. The molecule has 8 nitrogen and oxygen atoms in total. The molecule has 1 fully saturated rings. The van der Waals surface area contributed by atoms with E-state index in [1.54, 1.807) is 0 Å². The van der Waals surface area contributed by atoms with Crippen molar-refractivity contribution in [3.8, 4) is 0 Å². The Morgan fingerprint density at radius 3 is 1.73 bits per heavy atom. The van der Waals surface area contributed by atoms with Crippen LogP contribution >= 0.6 is 0 Å². The summed E-state index contributed by atoms with van der Waals surface area (Å²) in [6.45, 7) is 0. The maximum absolute atomic E-state index is 10.4. The van der Waals surface area contributed by atoms with Crippen molar-refractivity contribution in [3.63, 3.8) is 0 Å². The normalized spacial score (nSPS) is 28.2. The van der Waals surface area contributed by atoms with Gasteiger partial charge in [0.05, 0.1) is 11.9 Å². The largest absolute Gasteiger partial charge is 1.00 e. The summed E-state index contributed by atoms with van der Waals surface area (Å²) in [6.07, 6.45) is -2.23. The fourth-order valence-corrected chi connectivity index (χ4v) is 1.60. The van der Waals surface area contributed by atoms with Crippen molar-refractivity contribution in [1.29, 1.82) is 0 Å². The van der Waals surface area contributed by atoms with Gasteiger partial charge in [-0.15, -0.1) is 0 Å². The molecule has 0 saturated carbocycles. The average Bonchev–Trinajstić information content (AvgIpc) is 2.57. The molecule has 15 heavy (non-hydrogen) atoms. The SMILES string of the molecule is O=C([O-])C1OC1(C(=O)[O-])S(=O)(=O)O.[Na+].[Na+]. The van der Waals surface area contributed by atoms with Crippen molar-refractivity contribution >= 4 is 22.1 Å². The summed E-state index contributed by atoms with van der Waals surface area (Å²) >= 11 is 0. The minimum atomic E-state index is -5.19. The topological polar surface area (TPSA) is 147 Å². The molecule has 1 aliphatic heterocycles. The minimum Gasteiger partial charge on any atom is -0.547 e. The van der Waals surface area contributed by atoms with Gasteiger partial charge in [-0.25, -0.2) is 0 Å². The van der Waals surface area contributed by atoms with Gasteiger partial charge in [-0.2, -0.15) is 8.42 Å². The number of carboxylic acids is 2. The molecule has 1 aliphatic rings. The number of carboxylic acid groups (broad SMARTS) is 2. The van der Waals surface area contributed by atoms with Gasteiger partial charge in [-0.1, -0.05) is 0 Å². The number of carbonyl (C=O) groups excluding carboxylic acids is 2. The Bertz CT molecular complexity index is 376. The monoisotopic (exact) mass is 256 g/mol.